The zero-order valence-electron chi connectivity index (χ0n) is 12.0. The molecule has 2 rings (SSSR count). The number of hydrogen-bond acceptors (Lipinski definition) is 1. The van der Waals surface area contributed by atoms with E-state index in [0.29, 0.717) is 11.5 Å². The Kier molecular flexibility index (Phi) is 4.57. The van der Waals surface area contributed by atoms with Gasteiger partial charge in [0.25, 0.3) is 0 Å². The Bertz CT molecular complexity index is 567. The van der Waals surface area contributed by atoms with Crippen LogP contribution in [0, 0.1) is 0 Å². The van der Waals surface area contributed by atoms with E-state index >= 15 is 0 Å². The van der Waals surface area contributed by atoms with Crippen LogP contribution in [0.15, 0.2) is 48.5 Å². The lowest BCUT2D eigenvalue weighted by Gasteiger charge is -2.10. The summed E-state index contributed by atoms with van der Waals surface area (Å²) in [6.45, 7) is 4.43. The Balaban J connectivity index is 2.08. The van der Waals surface area contributed by atoms with Crippen LogP contribution in [-0.4, -0.2) is 11.1 Å². The predicted molar refractivity (Wildman–Crippen MR) is 81.4 cm³/mol. The third-order valence-electron chi connectivity index (χ3n) is 3.77. The highest BCUT2D eigenvalue weighted by atomic mass is 16.4. The Labute approximate surface area is 120 Å². The summed E-state index contributed by atoms with van der Waals surface area (Å²) in [6, 6.07) is 15.8. The third kappa shape index (κ3) is 3.47. The lowest BCUT2D eigenvalue weighted by atomic mass is 9.96. The van der Waals surface area contributed by atoms with Gasteiger partial charge >= 0.3 is 5.97 Å². The van der Waals surface area contributed by atoms with Crippen molar-refractivity contribution in [3.8, 4) is 0 Å². The molecule has 1 atom stereocenters. The van der Waals surface area contributed by atoms with E-state index in [1.165, 1.54) is 11.1 Å². The van der Waals surface area contributed by atoms with E-state index in [1.807, 2.05) is 12.1 Å². The van der Waals surface area contributed by atoms with Crippen LogP contribution in [0.3, 0.4) is 0 Å². The van der Waals surface area contributed by atoms with E-state index in [9.17, 15) is 4.79 Å². The second-order valence-corrected chi connectivity index (χ2v) is 5.23. The molecule has 0 saturated carbocycles. The van der Waals surface area contributed by atoms with Crippen LogP contribution in [0.2, 0.25) is 0 Å². The normalized spacial score (nSPS) is 12.1. The number of benzene rings is 2. The fourth-order valence-corrected chi connectivity index (χ4v) is 2.20. The van der Waals surface area contributed by atoms with Gasteiger partial charge in [0.05, 0.1) is 5.56 Å². The first kappa shape index (κ1) is 14.3. The van der Waals surface area contributed by atoms with Gasteiger partial charge in [0.1, 0.15) is 0 Å². The quantitative estimate of drug-likeness (QED) is 0.867. The SMILES string of the molecule is CCC(C)c1ccc(Cc2ccc(C(=O)O)cc2)cc1. The van der Waals surface area contributed by atoms with Crippen LogP contribution >= 0.6 is 0 Å². The Morgan fingerprint density at radius 1 is 1.00 bits per heavy atom. The standard InChI is InChI=1S/C18H20O2/c1-3-13(2)16-8-4-14(5-9-16)12-15-6-10-17(11-7-15)18(19)20/h4-11,13H,3,12H2,1-2H3,(H,19,20). The molecule has 2 nitrogen and oxygen atoms in total. The molecular weight excluding hydrogens is 248 g/mol. The van der Waals surface area contributed by atoms with Crippen LogP contribution in [0.5, 0.6) is 0 Å². The first-order chi connectivity index (χ1) is 9.60. The molecule has 0 saturated heterocycles. The lowest BCUT2D eigenvalue weighted by molar-refractivity contribution is 0.0697. The summed E-state index contributed by atoms with van der Waals surface area (Å²) in [4.78, 5) is 10.8. The number of rotatable bonds is 5. The minimum absolute atomic E-state index is 0.334. The number of carbonyl (C=O) groups is 1. The molecule has 0 aliphatic heterocycles. The molecule has 0 aliphatic rings. The van der Waals surface area contributed by atoms with Crippen molar-refractivity contribution in [3.05, 3.63) is 70.8 Å². The van der Waals surface area contributed by atoms with Crippen LogP contribution in [-0.2, 0) is 6.42 Å². The minimum Gasteiger partial charge on any atom is -0.478 e. The topological polar surface area (TPSA) is 37.3 Å². The maximum atomic E-state index is 10.8. The summed E-state index contributed by atoms with van der Waals surface area (Å²) in [5.74, 6) is -0.284. The Morgan fingerprint density at radius 2 is 1.50 bits per heavy atom. The highest BCUT2D eigenvalue weighted by Crippen LogP contribution is 2.20. The van der Waals surface area contributed by atoms with Gasteiger partial charge in [-0.05, 0) is 47.6 Å². The second kappa shape index (κ2) is 6.38. The van der Waals surface area contributed by atoms with Crippen molar-refractivity contribution >= 4 is 5.97 Å². The van der Waals surface area contributed by atoms with E-state index in [0.717, 1.165) is 18.4 Å². The van der Waals surface area contributed by atoms with Gasteiger partial charge in [-0.15, -0.1) is 0 Å². The fraction of sp³-hybridized carbons (Fsp3) is 0.278. The summed E-state index contributed by atoms with van der Waals surface area (Å²) >= 11 is 0. The van der Waals surface area contributed by atoms with Gasteiger partial charge in [-0.3, -0.25) is 0 Å². The van der Waals surface area contributed by atoms with Crippen LogP contribution in [0.25, 0.3) is 0 Å². The van der Waals surface area contributed by atoms with E-state index in [4.69, 9.17) is 5.11 Å². The number of carboxylic acid groups (broad SMARTS) is 1. The van der Waals surface area contributed by atoms with Gasteiger partial charge in [0.15, 0.2) is 0 Å². The molecule has 2 aromatic carbocycles. The van der Waals surface area contributed by atoms with Crippen molar-refractivity contribution in [2.75, 3.05) is 0 Å². The molecule has 0 amide bonds. The summed E-state index contributed by atoms with van der Waals surface area (Å²) < 4.78 is 0. The van der Waals surface area contributed by atoms with E-state index in [-0.39, 0.29) is 0 Å². The maximum Gasteiger partial charge on any atom is 0.335 e. The molecule has 0 fully saturated rings. The molecule has 20 heavy (non-hydrogen) atoms. The van der Waals surface area contributed by atoms with Gasteiger partial charge in [-0.25, -0.2) is 4.79 Å². The van der Waals surface area contributed by atoms with Crippen molar-refractivity contribution in [1.29, 1.82) is 0 Å². The summed E-state index contributed by atoms with van der Waals surface area (Å²) in [7, 11) is 0. The van der Waals surface area contributed by atoms with Crippen LogP contribution in [0.4, 0.5) is 0 Å². The maximum absolute atomic E-state index is 10.8. The zero-order valence-corrected chi connectivity index (χ0v) is 12.0. The average Bonchev–Trinajstić information content (AvgIpc) is 2.48. The molecule has 0 bridgehead atoms. The molecule has 0 spiro atoms. The molecular formula is C18H20O2. The van der Waals surface area contributed by atoms with E-state index < -0.39 is 5.97 Å². The van der Waals surface area contributed by atoms with Crippen molar-refractivity contribution < 1.29 is 9.90 Å². The lowest BCUT2D eigenvalue weighted by Crippen LogP contribution is -1.97. The molecule has 2 aromatic rings. The van der Waals surface area contributed by atoms with E-state index in [1.54, 1.807) is 12.1 Å². The van der Waals surface area contributed by atoms with Gasteiger partial charge in [0.2, 0.25) is 0 Å². The molecule has 104 valence electrons. The molecule has 0 aliphatic carbocycles. The monoisotopic (exact) mass is 268 g/mol. The minimum atomic E-state index is -0.880. The van der Waals surface area contributed by atoms with Gasteiger partial charge in [-0.1, -0.05) is 50.2 Å². The zero-order chi connectivity index (χ0) is 14.5. The highest BCUT2D eigenvalue weighted by Gasteiger charge is 2.04. The second-order valence-electron chi connectivity index (χ2n) is 5.23. The number of aromatic carboxylic acids is 1. The number of carboxylic acids is 1. The summed E-state index contributed by atoms with van der Waals surface area (Å²) in [6.07, 6.45) is 1.98. The molecule has 0 heterocycles. The number of hydrogen-bond donors (Lipinski definition) is 1. The summed E-state index contributed by atoms with van der Waals surface area (Å²) in [5, 5.41) is 8.87. The molecule has 2 heteroatoms. The smallest absolute Gasteiger partial charge is 0.335 e. The Hall–Kier alpha value is -2.09. The van der Waals surface area contributed by atoms with Crippen LogP contribution in [0.1, 0.15) is 53.2 Å². The van der Waals surface area contributed by atoms with Crippen molar-refractivity contribution in [2.24, 2.45) is 0 Å². The Morgan fingerprint density at radius 3 is 1.95 bits per heavy atom. The average molecular weight is 268 g/mol. The molecule has 0 radical (unpaired) electrons. The van der Waals surface area contributed by atoms with Crippen molar-refractivity contribution in [2.45, 2.75) is 32.6 Å². The molecule has 0 aromatic heterocycles. The third-order valence-corrected chi connectivity index (χ3v) is 3.77. The fourth-order valence-electron chi connectivity index (χ4n) is 2.20. The highest BCUT2D eigenvalue weighted by molar-refractivity contribution is 5.87. The molecule has 1 N–H and O–H groups in total. The molecule has 1 unspecified atom stereocenters. The van der Waals surface area contributed by atoms with Crippen LogP contribution < -0.4 is 0 Å². The van der Waals surface area contributed by atoms with Gasteiger partial charge in [-0.2, -0.15) is 0 Å². The van der Waals surface area contributed by atoms with Gasteiger partial charge in [0, 0.05) is 0 Å². The largest absolute Gasteiger partial charge is 0.478 e. The van der Waals surface area contributed by atoms with Crippen molar-refractivity contribution in [3.63, 3.8) is 0 Å². The first-order valence-corrected chi connectivity index (χ1v) is 7.01. The van der Waals surface area contributed by atoms with E-state index in [2.05, 4.69) is 38.1 Å². The summed E-state index contributed by atoms with van der Waals surface area (Å²) in [5.41, 5.74) is 4.09. The van der Waals surface area contributed by atoms with Crippen molar-refractivity contribution in [1.82, 2.24) is 0 Å². The first-order valence-electron chi connectivity index (χ1n) is 7.01. The van der Waals surface area contributed by atoms with Gasteiger partial charge < -0.3 is 5.11 Å². The predicted octanol–water partition coefficient (Wildman–Crippen LogP) is 4.49.